The highest BCUT2D eigenvalue weighted by Crippen LogP contribution is 2.18. The van der Waals surface area contributed by atoms with Crippen LogP contribution < -0.4 is 15.4 Å². The lowest BCUT2D eigenvalue weighted by molar-refractivity contribution is 0.0871. The van der Waals surface area contributed by atoms with Crippen molar-refractivity contribution in [1.82, 2.24) is 30.6 Å². The minimum absolute atomic E-state index is 0.107. The largest absolute Gasteiger partial charge is 0.471 e. The second-order valence-electron chi connectivity index (χ2n) is 7.28. The third-order valence-corrected chi connectivity index (χ3v) is 4.84. The Balaban J connectivity index is 1.44. The van der Waals surface area contributed by atoms with Crippen molar-refractivity contribution in [2.45, 2.75) is 26.0 Å². The highest BCUT2D eigenvalue weighted by molar-refractivity contribution is 5.94. The Morgan fingerprint density at radius 3 is 2.76 bits per heavy atom. The normalized spacial score (nSPS) is 14.9. The first kappa shape index (κ1) is 19.0. The molecule has 9 heteroatoms. The van der Waals surface area contributed by atoms with E-state index in [0.29, 0.717) is 28.5 Å². The molecule has 0 spiro atoms. The summed E-state index contributed by atoms with van der Waals surface area (Å²) in [5, 5.41) is 14.2. The highest BCUT2D eigenvalue weighted by Gasteiger charge is 2.33. The Morgan fingerprint density at radius 1 is 1.31 bits per heavy atom. The van der Waals surface area contributed by atoms with Crippen molar-refractivity contribution in [2.24, 2.45) is 0 Å². The summed E-state index contributed by atoms with van der Waals surface area (Å²) in [7, 11) is 0. The maximum absolute atomic E-state index is 14.1. The summed E-state index contributed by atoms with van der Waals surface area (Å²) >= 11 is 0. The van der Waals surface area contributed by atoms with Crippen LogP contribution >= 0.6 is 0 Å². The van der Waals surface area contributed by atoms with Gasteiger partial charge in [0.25, 0.3) is 5.91 Å². The number of carbonyl (C=O) groups is 1. The van der Waals surface area contributed by atoms with E-state index in [4.69, 9.17) is 4.74 Å². The zero-order chi connectivity index (χ0) is 20.4. The van der Waals surface area contributed by atoms with Gasteiger partial charge in [-0.05, 0) is 32.0 Å². The van der Waals surface area contributed by atoms with Gasteiger partial charge in [-0.25, -0.2) is 14.1 Å². The Hall–Kier alpha value is -3.33. The molecule has 2 aromatic heterocycles. The number of rotatable bonds is 6. The van der Waals surface area contributed by atoms with Gasteiger partial charge in [0, 0.05) is 25.4 Å². The number of halogens is 1. The molecule has 0 saturated carbocycles. The number of hydrogen-bond donors (Lipinski definition) is 2. The first-order chi connectivity index (χ1) is 14.0. The fourth-order valence-corrected chi connectivity index (χ4v) is 3.04. The minimum atomic E-state index is -0.400. The zero-order valence-corrected chi connectivity index (χ0v) is 16.1. The van der Waals surface area contributed by atoms with Gasteiger partial charge in [-0.3, -0.25) is 4.79 Å². The van der Waals surface area contributed by atoms with Gasteiger partial charge in [0.05, 0.1) is 16.8 Å². The molecule has 1 saturated heterocycles. The Morgan fingerprint density at radius 2 is 2.10 bits per heavy atom. The Labute approximate surface area is 167 Å². The van der Waals surface area contributed by atoms with E-state index in [1.165, 1.54) is 16.9 Å². The lowest BCUT2D eigenvalue weighted by Gasteiger charge is -2.39. The smallest absolute Gasteiger partial charge is 0.253 e. The van der Waals surface area contributed by atoms with Gasteiger partial charge in [-0.1, -0.05) is 17.3 Å². The molecule has 3 aromatic rings. The van der Waals surface area contributed by atoms with Crippen LogP contribution in [-0.2, 0) is 6.61 Å². The Kier molecular flexibility index (Phi) is 4.98. The van der Waals surface area contributed by atoms with Gasteiger partial charge < -0.3 is 15.4 Å². The lowest BCUT2D eigenvalue weighted by atomic mass is 9.95. The quantitative estimate of drug-likeness (QED) is 0.660. The zero-order valence-electron chi connectivity index (χ0n) is 16.1. The molecule has 1 aromatic carbocycles. The summed E-state index contributed by atoms with van der Waals surface area (Å²) in [6, 6.07) is 9.61. The van der Waals surface area contributed by atoms with Crippen LogP contribution in [0.3, 0.4) is 0 Å². The maximum Gasteiger partial charge on any atom is 0.253 e. The van der Waals surface area contributed by atoms with Crippen LogP contribution in [0, 0.1) is 12.7 Å². The molecule has 0 aliphatic carbocycles. The molecule has 29 heavy (non-hydrogen) atoms. The maximum atomic E-state index is 14.1. The third kappa shape index (κ3) is 3.95. The molecule has 0 radical (unpaired) electrons. The van der Waals surface area contributed by atoms with Gasteiger partial charge in [-0.2, -0.15) is 0 Å². The lowest BCUT2D eigenvalue weighted by Crippen LogP contribution is -2.67. The van der Waals surface area contributed by atoms with Crippen molar-refractivity contribution in [1.29, 1.82) is 0 Å². The molecule has 1 aliphatic heterocycles. The summed E-state index contributed by atoms with van der Waals surface area (Å²) in [4.78, 5) is 16.5. The van der Waals surface area contributed by atoms with E-state index >= 15 is 0 Å². The number of aromatic nitrogens is 4. The molecule has 0 atom stereocenters. The number of pyridine rings is 1. The monoisotopic (exact) mass is 396 g/mol. The molecule has 0 bridgehead atoms. The molecule has 1 fully saturated rings. The van der Waals surface area contributed by atoms with Gasteiger partial charge in [-0.15, -0.1) is 5.10 Å². The van der Waals surface area contributed by atoms with E-state index < -0.39 is 5.82 Å². The van der Waals surface area contributed by atoms with Crippen LogP contribution in [0.25, 0.3) is 5.69 Å². The predicted octanol–water partition coefficient (Wildman–Crippen LogP) is 1.78. The third-order valence-electron chi connectivity index (χ3n) is 4.84. The summed E-state index contributed by atoms with van der Waals surface area (Å²) in [6.07, 6.45) is 1.47. The van der Waals surface area contributed by atoms with Crippen LogP contribution in [-0.4, -0.2) is 44.5 Å². The summed E-state index contributed by atoms with van der Waals surface area (Å²) in [5.74, 6) is -0.230. The van der Waals surface area contributed by atoms with Crippen LogP contribution in [0.5, 0.6) is 5.88 Å². The standard InChI is InChI=1S/C20H21FN6O2/c1-13-17(27(26-25-13)16-6-4-3-5-15(16)21)10-29-18-8-7-14(9-23-18)19(28)24-20(2)11-22-12-20/h3-9,22H,10-12H2,1-2H3,(H,24,28). The van der Waals surface area contributed by atoms with Gasteiger partial charge >= 0.3 is 0 Å². The number of benzene rings is 1. The van der Waals surface area contributed by atoms with E-state index in [-0.39, 0.29) is 18.1 Å². The van der Waals surface area contributed by atoms with Crippen molar-refractivity contribution in [2.75, 3.05) is 13.1 Å². The summed E-state index contributed by atoms with van der Waals surface area (Å²) in [6.45, 7) is 5.36. The number of nitrogens with one attached hydrogen (secondary N) is 2. The molecule has 1 amide bonds. The second-order valence-corrected chi connectivity index (χ2v) is 7.28. The molecular weight excluding hydrogens is 375 g/mol. The minimum Gasteiger partial charge on any atom is -0.471 e. The highest BCUT2D eigenvalue weighted by atomic mass is 19.1. The number of nitrogens with zero attached hydrogens (tertiary/aromatic N) is 4. The predicted molar refractivity (Wildman–Crippen MR) is 103 cm³/mol. The Bertz CT molecular complexity index is 1030. The van der Waals surface area contributed by atoms with Gasteiger partial charge in [0.2, 0.25) is 5.88 Å². The fourth-order valence-electron chi connectivity index (χ4n) is 3.04. The van der Waals surface area contributed by atoms with Crippen LogP contribution in [0.4, 0.5) is 4.39 Å². The van der Waals surface area contributed by atoms with E-state index in [1.807, 2.05) is 6.92 Å². The van der Waals surface area contributed by atoms with Crippen molar-refractivity contribution >= 4 is 5.91 Å². The van der Waals surface area contributed by atoms with Crippen LogP contribution in [0.2, 0.25) is 0 Å². The first-order valence-corrected chi connectivity index (χ1v) is 9.23. The molecule has 2 N–H and O–H groups in total. The van der Waals surface area contributed by atoms with Gasteiger partial charge in [0.15, 0.2) is 0 Å². The number of aryl methyl sites for hydroxylation is 1. The van der Waals surface area contributed by atoms with E-state index in [2.05, 4.69) is 25.9 Å². The topological polar surface area (TPSA) is 94.0 Å². The molecular formula is C20H21FN6O2. The molecule has 8 nitrogen and oxygen atoms in total. The van der Waals surface area contributed by atoms with Gasteiger partial charge in [0.1, 0.15) is 23.8 Å². The van der Waals surface area contributed by atoms with E-state index in [1.54, 1.807) is 37.3 Å². The van der Waals surface area contributed by atoms with E-state index in [0.717, 1.165) is 13.1 Å². The number of para-hydroxylation sites is 1. The summed E-state index contributed by atoms with van der Waals surface area (Å²) in [5.41, 5.74) is 1.78. The second kappa shape index (κ2) is 7.59. The van der Waals surface area contributed by atoms with E-state index in [9.17, 15) is 9.18 Å². The molecule has 0 unspecified atom stereocenters. The van der Waals surface area contributed by atoms with Crippen molar-refractivity contribution < 1.29 is 13.9 Å². The fraction of sp³-hybridized carbons (Fsp3) is 0.300. The average Bonchev–Trinajstić information content (AvgIpc) is 3.06. The van der Waals surface area contributed by atoms with Crippen LogP contribution in [0.1, 0.15) is 28.7 Å². The van der Waals surface area contributed by atoms with Crippen molar-refractivity contribution in [3.05, 3.63) is 65.4 Å². The summed E-state index contributed by atoms with van der Waals surface area (Å²) < 4.78 is 21.3. The van der Waals surface area contributed by atoms with Crippen molar-refractivity contribution in [3.8, 4) is 11.6 Å². The number of amides is 1. The molecule has 3 heterocycles. The molecule has 4 rings (SSSR count). The number of ether oxygens (including phenoxy) is 1. The SMILES string of the molecule is Cc1nnn(-c2ccccc2F)c1COc1ccc(C(=O)NC2(C)CNC2)cn1. The number of hydrogen-bond acceptors (Lipinski definition) is 6. The molecule has 150 valence electrons. The van der Waals surface area contributed by atoms with Crippen LogP contribution in [0.15, 0.2) is 42.6 Å². The molecule has 1 aliphatic rings. The number of carbonyl (C=O) groups excluding carboxylic acids is 1. The van der Waals surface area contributed by atoms with Crippen molar-refractivity contribution in [3.63, 3.8) is 0 Å². The first-order valence-electron chi connectivity index (χ1n) is 9.23. The average molecular weight is 396 g/mol.